The van der Waals surface area contributed by atoms with Gasteiger partial charge in [0, 0.05) is 10.5 Å². The van der Waals surface area contributed by atoms with Crippen molar-refractivity contribution < 1.29 is 4.39 Å². The van der Waals surface area contributed by atoms with Crippen LogP contribution in [0.15, 0.2) is 46.9 Å². The van der Waals surface area contributed by atoms with Crippen molar-refractivity contribution in [3.05, 3.63) is 69.4 Å². The van der Waals surface area contributed by atoms with Crippen LogP contribution < -0.4 is 5.32 Å². The SMILES string of the molecule is CNC(Cc1cccc(F)c1)c1cccc(C)c1Br. The largest absolute Gasteiger partial charge is 0.313 e. The molecule has 0 radical (unpaired) electrons. The minimum Gasteiger partial charge on any atom is -0.313 e. The summed E-state index contributed by atoms with van der Waals surface area (Å²) in [5.41, 5.74) is 3.40. The molecule has 0 bridgehead atoms. The molecule has 0 saturated heterocycles. The molecule has 0 fully saturated rings. The van der Waals surface area contributed by atoms with Gasteiger partial charge in [0.15, 0.2) is 0 Å². The third-order valence-corrected chi connectivity index (χ3v) is 4.36. The van der Waals surface area contributed by atoms with E-state index in [4.69, 9.17) is 0 Å². The van der Waals surface area contributed by atoms with Gasteiger partial charge in [-0.3, -0.25) is 0 Å². The Bertz CT molecular complexity index is 568. The lowest BCUT2D eigenvalue weighted by Crippen LogP contribution is -2.19. The average molecular weight is 322 g/mol. The normalized spacial score (nSPS) is 12.4. The monoisotopic (exact) mass is 321 g/mol. The molecule has 19 heavy (non-hydrogen) atoms. The Hall–Kier alpha value is -1.19. The second-order valence-corrected chi connectivity index (χ2v) is 5.45. The Morgan fingerprint density at radius 3 is 2.63 bits per heavy atom. The third kappa shape index (κ3) is 3.43. The van der Waals surface area contributed by atoms with E-state index in [9.17, 15) is 4.39 Å². The van der Waals surface area contributed by atoms with Crippen LogP contribution in [0.1, 0.15) is 22.7 Å². The lowest BCUT2D eigenvalue weighted by Gasteiger charge is -2.19. The van der Waals surface area contributed by atoms with E-state index in [1.54, 1.807) is 12.1 Å². The molecule has 0 aliphatic carbocycles. The summed E-state index contributed by atoms with van der Waals surface area (Å²) in [7, 11) is 1.93. The summed E-state index contributed by atoms with van der Waals surface area (Å²) in [4.78, 5) is 0. The van der Waals surface area contributed by atoms with Crippen molar-refractivity contribution in [2.75, 3.05) is 7.05 Å². The highest BCUT2D eigenvalue weighted by molar-refractivity contribution is 9.10. The van der Waals surface area contributed by atoms with Gasteiger partial charge in [0.25, 0.3) is 0 Å². The second-order valence-electron chi connectivity index (χ2n) is 4.65. The molecule has 0 amide bonds. The maximum absolute atomic E-state index is 13.2. The van der Waals surface area contributed by atoms with Crippen LogP contribution in [-0.4, -0.2) is 7.05 Å². The molecule has 2 rings (SSSR count). The summed E-state index contributed by atoms with van der Waals surface area (Å²) in [6.45, 7) is 2.07. The lowest BCUT2D eigenvalue weighted by molar-refractivity contribution is 0.582. The fourth-order valence-corrected chi connectivity index (χ4v) is 2.75. The van der Waals surface area contributed by atoms with E-state index in [1.807, 2.05) is 19.2 Å². The third-order valence-electron chi connectivity index (χ3n) is 3.27. The molecular weight excluding hydrogens is 305 g/mol. The van der Waals surface area contributed by atoms with E-state index < -0.39 is 0 Å². The topological polar surface area (TPSA) is 12.0 Å². The standard InChI is InChI=1S/C16H17BrFN/c1-11-5-3-8-14(16(11)17)15(19-2)10-12-6-4-7-13(18)9-12/h3-9,15,19H,10H2,1-2H3. The first-order chi connectivity index (χ1) is 9.11. The fraction of sp³-hybridized carbons (Fsp3) is 0.250. The Morgan fingerprint density at radius 1 is 1.21 bits per heavy atom. The molecule has 100 valence electrons. The highest BCUT2D eigenvalue weighted by Crippen LogP contribution is 2.28. The van der Waals surface area contributed by atoms with Crippen molar-refractivity contribution >= 4 is 15.9 Å². The molecule has 0 aliphatic rings. The van der Waals surface area contributed by atoms with Gasteiger partial charge in [-0.25, -0.2) is 4.39 Å². The first-order valence-electron chi connectivity index (χ1n) is 6.28. The highest BCUT2D eigenvalue weighted by atomic mass is 79.9. The first kappa shape index (κ1) is 14.2. The maximum atomic E-state index is 13.2. The van der Waals surface area contributed by atoms with E-state index in [0.717, 1.165) is 16.5 Å². The number of likely N-dealkylation sites (N-methyl/N-ethyl adjacent to an activating group) is 1. The predicted molar refractivity (Wildman–Crippen MR) is 80.8 cm³/mol. The van der Waals surface area contributed by atoms with Crippen LogP contribution in [0, 0.1) is 12.7 Å². The summed E-state index contributed by atoms with van der Waals surface area (Å²) in [6, 6.07) is 13.1. The van der Waals surface area contributed by atoms with Crippen LogP contribution in [0.25, 0.3) is 0 Å². The van der Waals surface area contributed by atoms with Crippen molar-refractivity contribution in [2.45, 2.75) is 19.4 Å². The molecule has 0 aromatic heterocycles. The molecule has 3 heteroatoms. The molecule has 0 saturated carbocycles. The number of nitrogens with one attached hydrogen (secondary N) is 1. The summed E-state index contributed by atoms with van der Waals surface area (Å²) in [5.74, 6) is -0.185. The van der Waals surface area contributed by atoms with Gasteiger partial charge < -0.3 is 5.32 Å². The minimum absolute atomic E-state index is 0.163. The maximum Gasteiger partial charge on any atom is 0.123 e. The van der Waals surface area contributed by atoms with Crippen LogP contribution in [0.2, 0.25) is 0 Å². The van der Waals surface area contributed by atoms with Crippen molar-refractivity contribution in [3.63, 3.8) is 0 Å². The summed E-state index contributed by atoms with van der Waals surface area (Å²) in [6.07, 6.45) is 0.760. The number of rotatable bonds is 4. The summed E-state index contributed by atoms with van der Waals surface area (Å²) < 4.78 is 14.4. The zero-order valence-corrected chi connectivity index (χ0v) is 12.7. The summed E-state index contributed by atoms with van der Waals surface area (Å²) >= 11 is 3.64. The molecule has 1 N–H and O–H groups in total. The molecule has 2 aromatic carbocycles. The molecule has 1 unspecified atom stereocenters. The molecule has 0 heterocycles. The van der Waals surface area contributed by atoms with Crippen LogP contribution in [0.4, 0.5) is 4.39 Å². The van der Waals surface area contributed by atoms with Crippen molar-refractivity contribution in [2.24, 2.45) is 0 Å². The quantitative estimate of drug-likeness (QED) is 0.880. The van der Waals surface area contributed by atoms with Gasteiger partial charge in [0.05, 0.1) is 0 Å². The van der Waals surface area contributed by atoms with Gasteiger partial charge in [-0.15, -0.1) is 0 Å². The van der Waals surface area contributed by atoms with Crippen molar-refractivity contribution in [3.8, 4) is 0 Å². The second kappa shape index (κ2) is 6.31. The first-order valence-corrected chi connectivity index (χ1v) is 7.08. The van der Waals surface area contributed by atoms with E-state index in [1.165, 1.54) is 17.2 Å². The van der Waals surface area contributed by atoms with Gasteiger partial charge in [-0.05, 0) is 49.2 Å². The van der Waals surface area contributed by atoms with Gasteiger partial charge >= 0.3 is 0 Å². The minimum atomic E-state index is -0.185. The van der Waals surface area contributed by atoms with E-state index in [0.29, 0.717) is 0 Å². The van der Waals surface area contributed by atoms with Crippen LogP contribution >= 0.6 is 15.9 Å². The van der Waals surface area contributed by atoms with Crippen LogP contribution in [0.5, 0.6) is 0 Å². The smallest absolute Gasteiger partial charge is 0.123 e. The van der Waals surface area contributed by atoms with Crippen LogP contribution in [0.3, 0.4) is 0 Å². The number of aryl methyl sites for hydroxylation is 1. The molecule has 0 spiro atoms. The van der Waals surface area contributed by atoms with E-state index in [2.05, 4.69) is 40.3 Å². The number of hydrogen-bond donors (Lipinski definition) is 1. The molecule has 1 atom stereocenters. The molecular formula is C16H17BrFN. The van der Waals surface area contributed by atoms with Gasteiger partial charge in [0.2, 0.25) is 0 Å². The zero-order valence-electron chi connectivity index (χ0n) is 11.1. The van der Waals surface area contributed by atoms with Gasteiger partial charge in [-0.2, -0.15) is 0 Å². The molecule has 2 aromatic rings. The number of benzene rings is 2. The lowest BCUT2D eigenvalue weighted by atomic mass is 9.97. The Labute approximate surface area is 122 Å². The van der Waals surface area contributed by atoms with E-state index in [-0.39, 0.29) is 11.9 Å². The molecule has 1 nitrogen and oxygen atoms in total. The fourth-order valence-electron chi connectivity index (χ4n) is 2.21. The number of halogens is 2. The Balaban J connectivity index is 2.28. The van der Waals surface area contributed by atoms with Gasteiger partial charge in [0.1, 0.15) is 5.82 Å². The Morgan fingerprint density at radius 2 is 1.95 bits per heavy atom. The number of hydrogen-bond acceptors (Lipinski definition) is 1. The van der Waals surface area contributed by atoms with Crippen molar-refractivity contribution in [1.29, 1.82) is 0 Å². The van der Waals surface area contributed by atoms with Crippen molar-refractivity contribution in [1.82, 2.24) is 5.32 Å². The highest BCUT2D eigenvalue weighted by Gasteiger charge is 2.14. The van der Waals surface area contributed by atoms with Gasteiger partial charge in [-0.1, -0.05) is 46.3 Å². The predicted octanol–water partition coefficient (Wildman–Crippen LogP) is 4.40. The van der Waals surface area contributed by atoms with Crippen LogP contribution in [-0.2, 0) is 6.42 Å². The summed E-state index contributed by atoms with van der Waals surface area (Å²) in [5, 5.41) is 3.30. The molecule has 0 aliphatic heterocycles. The Kier molecular flexibility index (Phi) is 4.72. The zero-order chi connectivity index (χ0) is 13.8. The van der Waals surface area contributed by atoms with E-state index >= 15 is 0 Å². The average Bonchev–Trinajstić information content (AvgIpc) is 2.40.